The quantitative estimate of drug-likeness (QED) is 0.579. The Balaban J connectivity index is 2.20. The first kappa shape index (κ1) is 10.7. The van der Waals surface area contributed by atoms with E-state index >= 15 is 0 Å². The van der Waals surface area contributed by atoms with E-state index in [1.165, 1.54) is 12.1 Å². The number of hydrogen-bond acceptors (Lipinski definition) is 2. The minimum absolute atomic E-state index is 0.0649. The number of nitrogens with zero attached hydrogens (tertiary/aromatic N) is 1. The second-order valence-corrected chi connectivity index (χ2v) is 3.75. The molecule has 1 aromatic carbocycles. The number of anilines is 1. The minimum Gasteiger partial charge on any atom is -0.396 e. The van der Waals surface area contributed by atoms with Crippen LogP contribution in [0.15, 0.2) is 30.4 Å². The summed E-state index contributed by atoms with van der Waals surface area (Å²) in [6.07, 6.45) is 4.82. The molecule has 84 valence electrons. The molecule has 0 aliphatic carbocycles. The number of halogens is 1. The zero-order valence-corrected chi connectivity index (χ0v) is 8.82. The van der Waals surface area contributed by atoms with Crippen molar-refractivity contribution in [3.63, 3.8) is 0 Å². The van der Waals surface area contributed by atoms with Gasteiger partial charge in [-0.3, -0.25) is 4.79 Å². The first-order chi connectivity index (χ1) is 7.68. The van der Waals surface area contributed by atoms with E-state index in [1.54, 1.807) is 11.0 Å². The lowest BCUT2D eigenvalue weighted by molar-refractivity contribution is 0.0770. The highest BCUT2D eigenvalue weighted by Crippen LogP contribution is 2.15. The average molecular weight is 220 g/mol. The zero-order valence-electron chi connectivity index (χ0n) is 8.82. The summed E-state index contributed by atoms with van der Waals surface area (Å²) in [5, 5.41) is 0. The third-order valence-electron chi connectivity index (χ3n) is 2.59. The van der Waals surface area contributed by atoms with Crippen molar-refractivity contribution in [3.05, 3.63) is 41.7 Å². The molecule has 0 bridgehead atoms. The highest BCUT2D eigenvalue weighted by Gasteiger charge is 2.16. The molecule has 0 unspecified atom stereocenters. The van der Waals surface area contributed by atoms with Crippen molar-refractivity contribution in [2.45, 2.75) is 6.42 Å². The molecule has 1 aliphatic heterocycles. The van der Waals surface area contributed by atoms with Crippen molar-refractivity contribution in [2.75, 3.05) is 18.8 Å². The van der Waals surface area contributed by atoms with Gasteiger partial charge in [0.15, 0.2) is 0 Å². The van der Waals surface area contributed by atoms with Crippen molar-refractivity contribution in [2.24, 2.45) is 0 Å². The highest BCUT2D eigenvalue weighted by molar-refractivity contribution is 5.94. The fourth-order valence-electron chi connectivity index (χ4n) is 1.67. The number of amides is 1. The van der Waals surface area contributed by atoms with Gasteiger partial charge in [0.05, 0.1) is 5.69 Å². The molecule has 4 heteroatoms. The van der Waals surface area contributed by atoms with Crippen LogP contribution in [0.5, 0.6) is 0 Å². The van der Waals surface area contributed by atoms with E-state index in [1.807, 2.05) is 12.2 Å². The van der Waals surface area contributed by atoms with Gasteiger partial charge in [0, 0.05) is 18.7 Å². The average Bonchev–Trinajstić information content (AvgIpc) is 2.33. The van der Waals surface area contributed by atoms with Gasteiger partial charge < -0.3 is 10.6 Å². The van der Waals surface area contributed by atoms with Crippen LogP contribution in [0.2, 0.25) is 0 Å². The summed E-state index contributed by atoms with van der Waals surface area (Å²) < 4.78 is 13.2. The minimum atomic E-state index is -0.543. The van der Waals surface area contributed by atoms with Gasteiger partial charge in [-0.05, 0) is 24.6 Å². The molecule has 0 radical (unpaired) electrons. The Morgan fingerprint density at radius 3 is 2.81 bits per heavy atom. The van der Waals surface area contributed by atoms with Crippen molar-refractivity contribution >= 4 is 11.6 Å². The van der Waals surface area contributed by atoms with Crippen LogP contribution in [0.25, 0.3) is 0 Å². The van der Waals surface area contributed by atoms with E-state index in [4.69, 9.17) is 5.73 Å². The van der Waals surface area contributed by atoms with Crippen molar-refractivity contribution in [1.29, 1.82) is 0 Å². The van der Waals surface area contributed by atoms with E-state index in [-0.39, 0.29) is 11.6 Å². The van der Waals surface area contributed by atoms with Gasteiger partial charge in [0.1, 0.15) is 5.82 Å². The lowest BCUT2D eigenvalue weighted by Gasteiger charge is -2.23. The summed E-state index contributed by atoms with van der Waals surface area (Å²) in [7, 11) is 0. The maximum absolute atomic E-state index is 13.2. The topological polar surface area (TPSA) is 46.3 Å². The lowest BCUT2D eigenvalue weighted by atomic mass is 10.1. The smallest absolute Gasteiger partial charge is 0.254 e. The van der Waals surface area contributed by atoms with Crippen LogP contribution < -0.4 is 5.73 Å². The van der Waals surface area contributed by atoms with Gasteiger partial charge in [-0.15, -0.1) is 0 Å². The van der Waals surface area contributed by atoms with Crippen molar-refractivity contribution in [1.82, 2.24) is 4.90 Å². The normalized spacial score (nSPS) is 15.2. The van der Waals surface area contributed by atoms with Crippen LogP contribution in [0.1, 0.15) is 16.8 Å². The van der Waals surface area contributed by atoms with Gasteiger partial charge in [0.25, 0.3) is 5.91 Å². The standard InChI is InChI=1S/C12H13FN2O/c13-10-8-9(4-5-11(10)14)12(16)15-6-2-1-3-7-15/h1-2,4-5,8H,3,6-7,14H2. The van der Waals surface area contributed by atoms with Crippen LogP contribution >= 0.6 is 0 Å². The molecule has 1 amide bonds. The van der Waals surface area contributed by atoms with E-state index < -0.39 is 5.82 Å². The van der Waals surface area contributed by atoms with Gasteiger partial charge in [-0.2, -0.15) is 0 Å². The SMILES string of the molecule is Nc1ccc(C(=O)N2CC=CCC2)cc1F. The van der Waals surface area contributed by atoms with Gasteiger partial charge in [-0.25, -0.2) is 4.39 Å². The molecule has 3 nitrogen and oxygen atoms in total. The van der Waals surface area contributed by atoms with Crippen LogP contribution in [-0.4, -0.2) is 23.9 Å². The Morgan fingerprint density at radius 2 is 2.19 bits per heavy atom. The Labute approximate surface area is 93.4 Å². The molecule has 16 heavy (non-hydrogen) atoms. The maximum Gasteiger partial charge on any atom is 0.254 e. The van der Waals surface area contributed by atoms with Crippen LogP contribution in [0.3, 0.4) is 0 Å². The molecule has 2 rings (SSSR count). The zero-order chi connectivity index (χ0) is 11.5. The Hall–Kier alpha value is -1.84. The second-order valence-electron chi connectivity index (χ2n) is 3.75. The first-order valence-electron chi connectivity index (χ1n) is 5.18. The molecule has 0 fully saturated rings. The predicted octanol–water partition coefficient (Wildman–Crippen LogP) is 1.81. The van der Waals surface area contributed by atoms with Crippen LogP contribution in [-0.2, 0) is 0 Å². The molecule has 0 saturated carbocycles. The molecule has 0 spiro atoms. The summed E-state index contributed by atoms with van der Waals surface area (Å²) >= 11 is 0. The van der Waals surface area contributed by atoms with Crippen LogP contribution in [0, 0.1) is 5.82 Å². The van der Waals surface area contributed by atoms with E-state index in [0.29, 0.717) is 18.7 Å². The molecular formula is C12H13FN2O. The largest absolute Gasteiger partial charge is 0.396 e. The number of rotatable bonds is 1. The molecule has 0 saturated heterocycles. The number of nitrogen functional groups attached to an aromatic ring is 1. The number of carbonyl (C=O) groups is 1. The van der Waals surface area contributed by atoms with E-state index in [0.717, 1.165) is 6.42 Å². The number of benzene rings is 1. The summed E-state index contributed by atoms with van der Waals surface area (Å²) in [5.74, 6) is -0.693. The summed E-state index contributed by atoms with van der Waals surface area (Å²) in [6, 6.07) is 4.16. The molecule has 2 N–H and O–H groups in total. The maximum atomic E-state index is 13.2. The second kappa shape index (κ2) is 4.35. The molecule has 1 heterocycles. The molecule has 0 atom stereocenters. The summed E-state index contributed by atoms with van der Waals surface area (Å²) in [5.41, 5.74) is 5.77. The Morgan fingerprint density at radius 1 is 1.38 bits per heavy atom. The molecule has 1 aliphatic rings. The summed E-state index contributed by atoms with van der Waals surface area (Å²) in [6.45, 7) is 1.27. The van der Waals surface area contributed by atoms with E-state index in [9.17, 15) is 9.18 Å². The summed E-state index contributed by atoms with van der Waals surface area (Å²) in [4.78, 5) is 13.6. The first-order valence-corrected chi connectivity index (χ1v) is 5.18. The van der Waals surface area contributed by atoms with Crippen LogP contribution in [0.4, 0.5) is 10.1 Å². The number of nitrogens with two attached hydrogens (primary N) is 1. The Kier molecular flexibility index (Phi) is 2.90. The third kappa shape index (κ3) is 2.05. The van der Waals surface area contributed by atoms with Crippen molar-refractivity contribution < 1.29 is 9.18 Å². The van der Waals surface area contributed by atoms with E-state index in [2.05, 4.69) is 0 Å². The molecule has 0 aromatic heterocycles. The van der Waals surface area contributed by atoms with Crippen molar-refractivity contribution in [3.8, 4) is 0 Å². The predicted molar refractivity (Wildman–Crippen MR) is 60.5 cm³/mol. The van der Waals surface area contributed by atoms with Gasteiger partial charge in [0.2, 0.25) is 0 Å². The monoisotopic (exact) mass is 220 g/mol. The van der Waals surface area contributed by atoms with Gasteiger partial charge in [-0.1, -0.05) is 12.2 Å². The fraction of sp³-hybridized carbons (Fsp3) is 0.250. The number of carbonyl (C=O) groups excluding carboxylic acids is 1. The third-order valence-corrected chi connectivity index (χ3v) is 2.59. The highest BCUT2D eigenvalue weighted by atomic mass is 19.1. The van der Waals surface area contributed by atoms with Gasteiger partial charge >= 0.3 is 0 Å². The Bertz CT molecular complexity index is 443. The molecule has 1 aromatic rings. The fourth-order valence-corrected chi connectivity index (χ4v) is 1.67. The number of hydrogen-bond donors (Lipinski definition) is 1. The lowest BCUT2D eigenvalue weighted by Crippen LogP contribution is -2.33. The molecular weight excluding hydrogens is 207 g/mol.